The average Bonchev–Trinajstić information content (AvgIpc) is 3.48. The van der Waals surface area contributed by atoms with E-state index in [0.29, 0.717) is 17.8 Å². The van der Waals surface area contributed by atoms with E-state index in [9.17, 15) is 8.78 Å². The van der Waals surface area contributed by atoms with Crippen LogP contribution in [-0.2, 0) is 20.8 Å². The number of nitrogens with one attached hydrogen (secondary N) is 2. The minimum absolute atomic E-state index is 0.0396. The van der Waals surface area contributed by atoms with Crippen molar-refractivity contribution in [3.05, 3.63) is 46.5 Å². The van der Waals surface area contributed by atoms with Crippen molar-refractivity contribution in [3.63, 3.8) is 0 Å². The van der Waals surface area contributed by atoms with Crippen molar-refractivity contribution in [1.82, 2.24) is 15.0 Å². The highest BCUT2D eigenvalue weighted by atomic mass is 35.5. The third-order valence-electron chi connectivity index (χ3n) is 5.49. The highest BCUT2D eigenvalue weighted by Crippen LogP contribution is 2.32. The fourth-order valence-electron chi connectivity index (χ4n) is 3.91. The van der Waals surface area contributed by atoms with Crippen LogP contribution in [0.4, 0.5) is 14.6 Å². The van der Waals surface area contributed by atoms with Gasteiger partial charge in [0.1, 0.15) is 42.4 Å². The summed E-state index contributed by atoms with van der Waals surface area (Å²) in [4.78, 5) is 11.7. The van der Waals surface area contributed by atoms with Crippen molar-refractivity contribution in [3.8, 4) is 12.1 Å². The van der Waals surface area contributed by atoms with Crippen LogP contribution in [0.3, 0.4) is 0 Å². The van der Waals surface area contributed by atoms with Gasteiger partial charge in [0.15, 0.2) is 11.8 Å². The molecule has 12 heteroatoms. The number of aromatic amines is 1. The summed E-state index contributed by atoms with van der Waals surface area (Å²) in [6.45, 7) is 0.404. The van der Waals surface area contributed by atoms with E-state index < -0.39 is 17.7 Å². The smallest absolute Gasteiger partial charge is 0.296 e. The van der Waals surface area contributed by atoms with Gasteiger partial charge >= 0.3 is 0 Å². The predicted octanol–water partition coefficient (Wildman–Crippen LogP) is 2.96. The monoisotopic (exact) mass is 477 g/mol. The second-order valence-corrected chi connectivity index (χ2v) is 7.95. The number of imidazole rings is 1. The molecule has 172 valence electrons. The van der Waals surface area contributed by atoms with E-state index >= 15 is 0 Å². The summed E-state index contributed by atoms with van der Waals surface area (Å²) >= 11 is 6.28. The van der Waals surface area contributed by atoms with Gasteiger partial charge in [-0.05, 0) is 18.2 Å². The van der Waals surface area contributed by atoms with Gasteiger partial charge < -0.3 is 29.2 Å². The molecule has 0 bridgehead atoms. The number of nitrogens with zero attached hydrogens (tertiary/aromatic N) is 3. The van der Waals surface area contributed by atoms with Crippen molar-refractivity contribution in [1.29, 1.82) is 5.26 Å². The molecule has 1 aromatic carbocycles. The molecule has 0 unspecified atom stereocenters. The van der Waals surface area contributed by atoms with Crippen LogP contribution in [0.25, 0.3) is 11.2 Å². The van der Waals surface area contributed by atoms with Crippen LogP contribution in [0.1, 0.15) is 5.56 Å². The van der Waals surface area contributed by atoms with Crippen LogP contribution in [-0.4, -0.2) is 59.2 Å². The number of benzene rings is 1. The molecule has 9 nitrogen and oxygen atoms in total. The molecule has 0 radical (unpaired) electrons. The number of halogens is 3. The normalized spacial score (nSPS) is 24.1. The molecule has 0 amide bonds. The van der Waals surface area contributed by atoms with E-state index in [-0.39, 0.29) is 60.5 Å². The number of ether oxygens (including phenoxy) is 4. The number of rotatable bonds is 7. The lowest BCUT2D eigenvalue weighted by Crippen LogP contribution is -2.35. The number of H-pyrrole nitrogens is 1. The zero-order valence-corrected chi connectivity index (χ0v) is 17.8. The second kappa shape index (κ2) is 9.07. The zero-order valence-electron chi connectivity index (χ0n) is 17.1. The van der Waals surface area contributed by atoms with Crippen LogP contribution in [0.2, 0.25) is 5.02 Å². The molecule has 2 aliphatic rings. The van der Waals surface area contributed by atoms with Crippen molar-refractivity contribution in [2.75, 3.05) is 25.1 Å². The van der Waals surface area contributed by atoms with Crippen LogP contribution >= 0.6 is 11.6 Å². The Morgan fingerprint density at radius 1 is 1.18 bits per heavy atom. The minimum Gasteiger partial charge on any atom is -0.456 e. The number of hydrogen-bond acceptors (Lipinski definition) is 8. The molecule has 33 heavy (non-hydrogen) atoms. The van der Waals surface area contributed by atoms with E-state index in [1.54, 1.807) is 6.07 Å². The molecule has 0 saturated carbocycles. The van der Waals surface area contributed by atoms with Gasteiger partial charge in [-0.25, -0.2) is 13.8 Å². The maximum atomic E-state index is 13.9. The van der Waals surface area contributed by atoms with Gasteiger partial charge in [-0.2, -0.15) is 10.2 Å². The van der Waals surface area contributed by atoms with E-state index in [2.05, 4.69) is 20.3 Å². The number of nitriles is 1. The molecular formula is C21H18ClF2N5O4. The molecule has 0 aliphatic carbocycles. The van der Waals surface area contributed by atoms with E-state index in [1.165, 1.54) is 18.2 Å². The molecule has 2 aromatic heterocycles. The summed E-state index contributed by atoms with van der Waals surface area (Å²) in [7, 11) is 0. The molecule has 3 aromatic rings. The molecule has 4 atom stereocenters. The first-order valence-corrected chi connectivity index (χ1v) is 10.5. The predicted molar refractivity (Wildman–Crippen MR) is 112 cm³/mol. The van der Waals surface area contributed by atoms with Crippen molar-refractivity contribution in [2.24, 2.45) is 0 Å². The molecule has 0 spiro atoms. The standard InChI is InChI=1S/C21H18ClF2N5O4/c22-11-6-14-20(28-19(11)26-7-10-12(23)2-1-3-13(10)24)29-21(27-14)33-16-9-32-17-15(30-5-4-25)8-31-18(16)17/h1-3,6,15-18H,5,7-9H2,(H2,26,27,28,29)/t15-,16-,17-,18-/m1/s1. The van der Waals surface area contributed by atoms with Crippen molar-refractivity contribution < 1.29 is 27.7 Å². The minimum atomic E-state index is -0.665. The van der Waals surface area contributed by atoms with E-state index in [4.69, 9.17) is 35.8 Å². The first kappa shape index (κ1) is 21.8. The van der Waals surface area contributed by atoms with Crippen LogP contribution in [0.5, 0.6) is 6.01 Å². The molecule has 2 saturated heterocycles. The summed E-state index contributed by atoms with van der Waals surface area (Å²) in [6, 6.07) is 7.38. The Hall–Kier alpha value is -3.04. The maximum absolute atomic E-state index is 13.9. The lowest BCUT2D eigenvalue weighted by atomic mass is 10.1. The first-order chi connectivity index (χ1) is 16.0. The summed E-state index contributed by atoms with van der Waals surface area (Å²) < 4.78 is 50.6. The molecule has 4 heterocycles. The van der Waals surface area contributed by atoms with Gasteiger partial charge in [-0.15, -0.1) is 0 Å². The van der Waals surface area contributed by atoms with Gasteiger partial charge in [0.05, 0.1) is 29.8 Å². The Morgan fingerprint density at radius 3 is 2.67 bits per heavy atom. The van der Waals surface area contributed by atoms with Gasteiger partial charge in [0.25, 0.3) is 6.01 Å². The first-order valence-electron chi connectivity index (χ1n) is 10.1. The van der Waals surface area contributed by atoms with Crippen LogP contribution in [0, 0.1) is 23.0 Å². The Balaban J connectivity index is 1.28. The molecule has 2 fully saturated rings. The van der Waals surface area contributed by atoms with E-state index in [0.717, 1.165) is 0 Å². The highest BCUT2D eigenvalue weighted by Gasteiger charge is 2.49. The van der Waals surface area contributed by atoms with Gasteiger partial charge in [0.2, 0.25) is 0 Å². The third kappa shape index (κ3) is 4.30. The second-order valence-electron chi connectivity index (χ2n) is 7.55. The Morgan fingerprint density at radius 2 is 1.91 bits per heavy atom. The Bertz CT molecular complexity index is 1200. The SMILES string of the molecule is N#CCO[C@@H]1CO[C@H]2[C@@H]1OC[C@H]2Oc1nc2nc(NCc3c(F)cccc3F)c(Cl)cc2[nH]1. The Labute approximate surface area is 191 Å². The number of hydrogen-bond donors (Lipinski definition) is 2. The van der Waals surface area contributed by atoms with Crippen LogP contribution in [0.15, 0.2) is 24.3 Å². The third-order valence-corrected chi connectivity index (χ3v) is 5.77. The van der Waals surface area contributed by atoms with Gasteiger partial charge in [-0.1, -0.05) is 17.7 Å². The molecule has 2 N–H and O–H groups in total. The summed E-state index contributed by atoms with van der Waals surface area (Å²) in [5.41, 5.74) is 0.713. The number of fused-ring (bicyclic) bond motifs is 2. The summed E-state index contributed by atoms with van der Waals surface area (Å²) in [5, 5.41) is 11.8. The quantitative estimate of drug-likeness (QED) is 0.534. The van der Waals surface area contributed by atoms with Gasteiger partial charge in [0, 0.05) is 12.1 Å². The summed E-state index contributed by atoms with van der Waals surface area (Å²) in [6.07, 6.45) is -1.43. The average molecular weight is 478 g/mol. The van der Waals surface area contributed by atoms with Crippen molar-refractivity contribution >= 4 is 28.6 Å². The fraction of sp³-hybridized carbons (Fsp3) is 0.381. The molecular weight excluding hydrogens is 460 g/mol. The zero-order chi connectivity index (χ0) is 22.9. The molecule has 2 aliphatic heterocycles. The largest absolute Gasteiger partial charge is 0.456 e. The maximum Gasteiger partial charge on any atom is 0.296 e. The lowest BCUT2D eigenvalue weighted by Gasteiger charge is -2.16. The van der Waals surface area contributed by atoms with Crippen LogP contribution < -0.4 is 10.1 Å². The highest BCUT2D eigenvalue weighted by molar-refractivity contribution is 6.33. The topological polar surface area (TPSA) is 114 Å². The van der Waals surface area contributed by atoms with E-state index in [1.807, 2.05) is 6.07 Å². The van der Waals surface area contributed by atoms with Gasteiger partial charge in [-0.3, -0.25) is 0 Å². The number of pyridine rings is 1. The lowest BCUT2D eigenvalue weighted by molar-refractivity contribution is -0.0250. The fourth-order valence-corrected chi connectivity index (χ4v) is 4.13. The number of aromatic nitrogens is 3. The number of anilines is 1. The Kier molecular flexibility index (Phi) is 5.99. The van der Waals surface area contributed by atoms with Crippen molar-refractivity contribution in [2.45, 2.75) is 31.0 Å². The molecule has 5 rings (SSSR count). The summed E-state index contributed by atoms with van der Waals surface area (Å²) in [5.74, 6) is -1.10.